The Morgan fingerprint density at radius 3 is 2.29 bits per heavy atom. The van der Waals surface area contributed by atoms with Gasteiger partial charge in [-0.1, -0.05) is 54.6 Å². The fourth-order valence-electron chi connectivity index (χ4n) is 2.17. The number of aromatic nitrogens is 1. The zero-order valence-electron chi connectivity index (χ0n) is 12.0. The van der Waals surface area contributed by atoms with Gasteiger partial charge in [0.2, 0.25) is 5.88 Å². The summed E-state index contributed by atoms with van der Waals surface area (Å²) in [6.45, 7) is 2.56. The number of ether oxygens (including phenoxy) is 1. The molecule has 0 saturated carbocycles. The lowest BCUT2D eigenvalue weighted by Gasteiger charge is -2.07. The van der Waals surface area contributed by atoms with Crippen molar-refractivity contribution in [3.8, 4) is 17.0 Å². The van der Waals surface area contributed by atoms with Crippen LogP contribution in [0.25, 0.3) is 11.1 Å². The molecule has 21 heavy (non-hydrogen) atoms. The molecule has 0 amide bonds. The monoisotopic (exact) mass is 275 g/mol. The highest BCUT2D eigenvalue weighted by Gasteiger charge is 2.00. The van der Waals surface area contributed by atoms with Gasteiger partial charge in [-0.05, 0) is 35.2 Å². The topological polar surface area (TPSA) is 22.1 Å². The maximum atomic E-state index is 5.71. The van der Waals surface area contributed by atoms with Crippen LogP contribution in [0, 0.1) is 6.92 Å². The minimum Gasteiger partial charge on any atom is -0.473 e. The summed E-state index contributed by atoms with van der Waals surface area (Å²) in [7, 11) is 0. The standard InChI is InChI=1S/C19H17NO/c1-15-11-12-20-19(13-15)21-14-16-7-9-18(10-8-16)17-5-3-2-4-6-17/h2-13H,14H2,1H3. The fourth-order valence-corrected chi connectivity index (χ4v) is 2.17. The molecule has 2 aromatic carbocycles. The van der Waals surface area contributed by atoms with Gasteiger partial charge in [-0.2, -0.15) is 0 Å². The maximum absolute atomic E-state index is 5.71. The van der Waals surface area contributed by atoms with Crippen molar-refractivity contribution in [1.82, 2.24) is 4.98 Å². The van der Waals surface area contributed by atoms with Gasteiger partial charge in [-0.15, -0.1) is 0 Å². The van der Waals surface area contributed by atoms with E-state index in [2.05, 4.69) is 53.5 Å². The van der Waals surface area contributed by atoms with E-state index in [0.29, 0.717) is 12.5 Å². The highest BCUT2D eigenvalue weighted by Crippen LogP contribution is 2.20. The van der Waals surface area contributed by atoms with Gasteiger partial charge < -0.3 is 4.74 Å². The Morgan fingerprint density at radius 2 is 1.57 bits per heavy atom. The Hall–Kier alpha value is -2.61. The van der Waals surface area contributed by atoms with Crippen LogP contribution in [0.2, 0.25) is 0 Å². The van der Waals surface area contributed by atoms with Gasteiger partial charge in [-0.3, -0.25) is 0 Å². The number of pyridine rings is 1. The molecule has 0 aliphatic heterocycles. The Kier molecular flexibility index (Phi) is 3.97. The molecule has 0 aliphatic rings. The molecule has 0 spiro atoms. The quantitative estimate of drug-likeness (QED) is 0.692. The van der Waals surface area contributed by atoms with Crippen LogP contribution in [-0.4, -0.2) is 4.98 Å². The zero-order chi connectivity index (χ0) is 14.5. The number of hydrogen-bond acceptors (Lipinski definition) is 2. The molecule has 3 aromatic rings. The van der Waals surface area contributed by atoms with E-state index in [9.17, 15) is 0 Å². The predicted molar refractivity (Wildman–Crippen MR) is 85.2 cm³/mol. The molecule has 1 heterocycles. The summed E-state index contributed by atoms with van der Waals surface area (Å²) >= 11 is 0. The molecule has 0 saturated heterocycles. The normalized spacial score (nSPS) is 10.3. The number of benzene rings is 2. The van der Waals surface area contributed by atoms with E-state index in [4.69, 9.17) is 4.74 Å². The fraction of sp³-hybridized carbons (Fsp3) is 0.105. The van der Waals surface area contributed by atoms with E-state index >= 15 is 0 Å². The minimum atomic E-state index is 0.533. The van der Waals surface area contributed by atoms with Crippen LogP contribution in [-0.2, 0) is 6.61 Å². The van der Waals surface area contributed by atoms with Crippen LogP contribution >= 0.6 is 0 Å². The highest BCUT2D eigenvalue weighted by molar-refractivity contribution is 5.63. The van der Waals surface area contributed by atoms with E-state index < -0.39 is 0 Å². The van der Waals surface area contributed by atoms with Crippen LogP contribution in [0.4, 0.5) is 0 Å². The molecule has 3 rings (SSSR count). The summed E-state index contributed by atoms with van der Waals surface area (Å²) in [6, 6.07) is 22.7. The van der Waals surface area contributed by atoms with Gasteiger partial charge in [0.05, 0.1) is 0 Å². The second kappa shape index (κ2) is 6.23. The first-order chi connectivity index (χ1) is 10.3. The average molecular weight is 275 g/mol. The first kappa shape index (κ1) is 13.4. The molecule has 0 fully saturated rings. The molecular formula is C19H17NO. The molecule has 2 heteroatoms. The van der Waals surface area contributed by atoms with Crippen molar-refractivity contribution in [2.45, 2.75) is 13.5 Å². The molecule has 0 bridgehead atoms. The van der Waals surface area contributed by atoms with Gasteiger partial charge in [0.1, 0.15) is 6.61 Å². The van der Waals surface area contributed by atoms with E-state index in [1.165, 1.54) is 11.1 Å². The Labute approximate surface area is 125 Å². The number of aryl methyl sites for hydroxylation is 1. The minimum absolute atomic E-state index is 0.533. The first-order valence-electron chi connectivity index (χ1n) is 7.01. The van der Waals surface area contributed by atoms with Crippen molar-refractivity contribution >= 4 is 0 Å². The first-order valence-corrected chi connectivity index (χ1v) is 7.01. The highest BCUT2D eigenvalue weighted by atomic mass is 16.5. The lowest BCUT2D eigenvalue weighted by molar-refractivity contribution is 0.293. The molecule has 104 valence electrons. The van der Waals surface area contributed by atoms with Crippen LogP contribution in [0.3, 0.4) is 0 Å². The van der Waals surface area contributed by atoms with Crippen LogP contribution in [0.1, 0.15) is 11.1 Å². The molecule has 2 nitrogen and oxygen atoms in total. The van der Waals surface area contributed by atoms with Crippen molar-refractivity contribution in [2.24, 2.45) is 0 Å². The second-order valence-corrected chi connectivity index (χ2v) is 5.02. The van der Waals surface area contributed by atoms with Gasteiger partial charge in [-0.25, -0.2) is 4.98 Å². The summed E-state index contributed by atoms with van der Waals surface area (Å²) in [6.07, 6.45) is 1.77. The molecule has 0 atom stereocenters. The van der Waals surface area contributed by atoms with Gasteiger partial charge >= 0.3 is 0 Å². The molecular weight excluding hydrogens is 258 g/mol. The summed E-state index contributed by atoms with van der Waals surface area (Å²) in [5, 5.41) is 0. The lowest BCUT2D eigenvalue weighted by Crippen LogP contribution is -1.97. The molecule has 1 aromatic heterocycles. The summed E-state index contributed by atoms with van der Waals surface area (Å²) in [5.41, 5.74) is 4.73. The largest absolute Gasteiger partial charge is 0.473 e. The average Bonchev–Trinajstić information content (AvgIpc) is 2.54. The molecule has 0 aliphatic carbocycles. The van der Waals surface area contributed by atoms with E-state index in [0.717, 1.165) is 11.1 Å². The van der Waals surface area contributed by atoms with Crippen molar-refractivity contribution in [1.29, 1.82) is 0 Å². The third kappa shape index (κ3) is 3.48. The van der Waals surface area contributed by atoms with Crippen LogP contribution < -0.4 is 4.74 Å². The van der Waals surface area contributed by atoms with Gasteiger partial charge in [0.25, 0.3) is 0 Å². The number of nitrogens with zero attached hydrogens (tertiary/aromatic N) is 1. The van der Waals surface area contributed by atoms with Crippen molar-refractivity contribution in [3.05, 3.63) is 84.1 Å². The molecule has 0 N–H and O–H groups in total. The summed E-state index contributed by atoms with van der Waals surface area (Å²) < 4.78 is 5.71. The predicted octanol–water partition coefficient (Wildman–Crippen LogP) is 4.64. The molecule has 0 radical (unpaired) electrons. The number of rotatable bonds is 4. The second-order valence-electron chi connectivity index (χ2n) is 5.02. The number of hydrogen-bond donors (Lipinski definition) is 0. The van der Waals surface area contributed by atoms with Crippen molar-refractivity contribution in [3.63, 3.8) is 0 Å². The van der Waals surface area contributed by atoms with Crippen LogP contribution in [0.15, 0.2) is 72.9 Å². The van der Waals surface area contributed by atoms with E-state index in [1.807, 2.05) is 25.1 Å². The van der Waals surface area contributed by atoms with Crippen molar-refractivity contribution < 1.29 is 4.74 Å². The molecule has 0 unspecified atom stereocenters. The SMILES string of the molecule is Cc1ccnc(OCc2ccc(-c3ccccc3)cc2)c1. The van der Waals surface area contributed by atoms with Gasteiger partial charge in [0.15, 0.2) is 0 Å². The lowest BCUT2D eigenvalue weighted by atomic mass is 10.0. The maximum Gasteiger partial charge on any atom is 0.213 e. The van der Waals surface area contributed by atoms with E-state index in [1.54, 1.807) is 6.20 Å². The zero-order valence-corrected chi connectivity index (χ0v) is 12.0. The van der Waals surface area contributed by atoms with Gasteiger partial charge in [0, 0.05) is 12.3 Å². The smallest absolute Gasteiger partial charge is 0.213 e. The third-order valence-corrected chi connectivity index (χ3v) is 3.34. The Balaban J connectivity index is 1.68. The van der Waals surface area contributed by atoms with E-state index in [-0.39, 0.29) is 0 Å². The third-order valence-electron chi connectivity index (χ3n) is 3.34. The van der Waals surface area contributed by atoms with Crippen LogP contribution in [0.5, 0.6) is 5.88 Å². The Bertz CT molecular complexity index is 705. The van der Waals surface area contributed by atoms with Crippen molar-refractivity contribution in [2.75, 3.05) is 0 Å². The summed E-state index contributed by atoms with van der Waals surface area (Å²) in [4.78, 5) is 4.20. The summed E-state index contributed by atoms with van der Waals surface area (Å²) in [5.74, 6) is 0.669. The Morgan fingerprint density at radius 1 is 0.857 bits per heavy atom.